The molecule has 3 rings (SSSR count). The van der Waals surface area contributed by atoms with Crippen LogP contribution in [0, 0.1) is 30.2 Å². The average Bonchev–Trinajstić information content (AvgIpc) is 3.09. The fraction of sp³-hybridized carbons (Fsp3) is 0.158. The molecule has 0 saturated heterocycles. The zero-order chi connectivity index (χ0) is 19.6. The van der Waals surface area contributed by atoms with Gasteiger partial charge in [0.05, 0.1) is 16.3 Å². The number of nitrogens with zero attached hydrogens (tertiary/aromatic N) is 1. The van der Waals surface area contributed by atoms with E-state index in [4.69, 9.17) is 0 Å². The van der Waals surface area contributed by atoms with Crippen LogP contribution in [-0.4, -0.2) is 17.4 Å². The van der Waals surface area contributed by atoms with Crippen LogP contribution in [-0.2, 0) is 6.42 Å². The molecule has 2 aromatic carbocycles. The molecule has 8 heteroatoms. The minimum Gasteiger partial charge on any atom is -0.352 e. The quantitative estimate of drug-likeness (QED) is 0.389. The van der Waals surface area contributed by atoms with Crippen LogP contribution in [0.1, 0.15) is 20.9 Å². The summed E-state index contributed by atoms with van der Waals surface area (Å²) in [5, 5.41) is 5.29. The summed E-state index contributed by atoms with van der Waals surface area (Å²) in [4.78, 5) is 16.3. The largest absolute Gasteiger partial charge is 0.352 e. The Labute approximate surface area is 156 Å². The van der Waals surface area contributed by atoms with E-state index in [-0.39, 0.29) is 6.54 Å². The lowest BCUT2D eigenvalue weighted by Crippen LogP contribution is -2.27. The number of halogens is 4. The topological polar surface area (TPSA) is 42.0 Å². The maximum absolute atomic E-state index is 13.6. The van der Waals surface area contributed by atoms with Gasteiger partial charge in [-0.25, -0.2) is 22.5 Å². The zero-order valence-corrected chi connectivity index (χ0v) is 15.0. The summed E-state index contributed by atoms with van der Waals surface area (Å²) in [6.45, 7) is 2.04. The second-order valence-corrected chi connectivity index (χ2v) is 6.86. The number of carbonyl (C=O) groups is 1. The normalized spacial score (nSPS) is 10.9. The van der Waals surface area contributed by atoms with Gasteiger partial charge in [0.2, 0.25) is 0 Å². The van der Waals surface area contributed by atoms with E-state index in [0.29, 0.717) is 12.5 Å². The second-order valence-electron chi connectivity index (χ2n) is 5.80. The van der Waals surface area contributed by atoms with Crippen molar-refractivity contribution in [1.29, 1.82) is 0 Å². The Morgan fingerprint density at radius 3 is 2.41 bits per heavy atom. The predicted molar refractivity (Wildman–Crippen MR) is 94.6 cm³/mol. The molecule has 0 aliphatic rings. The first kappa shape index (κ1) is 19.0. The van der Waals surface area contributed by atoms with Gasteiger partial charge < -0.3 is 5.32 Å². The summed E-state index contributed by atoms with van der Waals surface area (Å²) in [6.07, 6.45) is 0.426. The van der Waals surface area contributed by atoms with Crippen molar-refractivity contribution in [2.45, 2.75) is 13.3 Å². The third-order valence-electron chi connectivity index (χ3n) is 3.92. The van der Waals surface area contributed by atoms with E-state index in [2.05, 4.69) is 10.3 Å². The SMILES string of the molecule is Cc1nc(-c2ccc(CCNC(=O)c3cc(F)c(F)c(F)c3F)cc2)cs1. The van der Waals surface area contributed by atoms with Crippen LogP contribution >= 0.6 is 11.3 Å². The predicted octanol–water partition coefficient (Wildman–Crippen LogP) is 4.65. The molecule has 1 amide bonds. The van der Waals surface area contributed by atoms with E-state index in [1.54, 1.807) is 11.3 Å². The number of aromatic nitrogens is 1. The Balaban J connectivity index is 1.61. The van der Waals surface area contributed by atoms with Crippen LogP contribution < -0.4 is 5.32 Å². The van der Waals surface area contributed by atoms with E-state index in [0.717, 1.165) is 21.8 Å². The van der Waals surface area contributed by atoms with Crippen molar-refractivity contribution in [1.82, 2.24) is 10.3 Å². The molecule has 3 aromatic rings. The van der Waals surface area contributed by atoms with Crippen molar-refractivity contribution in [3.63, 3.8) is 0 Å². The Hall–Kier alpha value is -2.74. The number of nitrogens with one attached hydrogen (secondary N) is 1. The molecule has 3 nitrogen and oxygen atoms in total. The van der Waals surface area contributed by atoms with Gasteiger partial charge in [-0.05, 0) is 25.0 Å². The number of carbonyl (C=O) groups excluding carboxylic acids is 1. The van der Waals surface area contributed by atoms with Gasteiger partial charge in [0, 0.05) is 17.5 Å². The van der Waals surface area contributed by atoms with E-state index in [1.165, 1.54) is 0 Å². The Morgan fingerprint density at radius 2 is 1.78 bits per heavy atom. The third-order valence-corrected chi connectivity index (χ3v) is 4.69. The van der Waals surface area contributed by atoms with Crippen LogP contribution in [0.3, 0.4) is 0 Å². The molecule has 0 spiro atoms. The first-order valence-corrected chi connectivity index (χ1v) is 8.87. The van der Waals surface area contributed by atoms with E-state index in [1.807, 2.05) is 36.6 Å². The zero-order valence-electron chi connectivity index (χ0n) is 14.2. The number of rotatable bonds is 5. The second kappa shape index (κ2) is 7.87. The molecule has 27 heavy (non-hydrogen) atoms. The fourth-order valence-electron chi connectivity index (χ4n) is 2.49. The van der Waals surface area contributed by atoms with Gasteiger partial charge in [-0.1, -0.05) is 24.3 Å². The van der Waals surface area contributed by atoms with E-state index >= 15 is 0 Å². The van der Waals surface area contributed by atoms with Gasteiger partial charge in [-0.15, -0.1) is 11.3 Å². The minimum absolute atomic E-state index is 0.119. The molecule has 0 saturated carbocycles. The lowest BCUT2D eigenvalue weighted by atomic mass is 10.1. The van der Waals surface area contributed by atoms with E-state index in [9.17, 15) is 22.4 Å². The van der Waals surface area contributed by atoms with Gasteiger partial charge in [-0.2, -0.15) is 0 Å². The molecule has 0 atom stereocenters. The highest BCUT2D eigenvalue weighted by molar-refractivity contribution is 7.09. The molecule has 0 radical (unpaired) electrons. The van der Waals surface area contributed by atoms with Gasteiger partial charge in [0.1, 0.15) is 0 Å². The summed E-state index contributed by atoms with van der Waals surface area (Å²) >= 11 is 1.56. The summed E-state index contributed by atoms with van der Waals surface area (Å²) in [5.74, 6) is -8.30. The number of hydrogen-bond acceptors (Lipinski definition) is 3. The minimum atomic E-state index is -2.01. The number of benzene rings is 2. The fourth-order valence-corrected chi connectivity index (χ4v) is 3.11. The maximum Gasteiger partial charge on any atom is 0.254 e. The number of thiazole rings is 1. The van der Waals surface area contributed by atoms with Crippen LogP contribution in [0.4, 0.5) is 17.6 Å². The van der Waals surface area contributed by atoms with Crippen molar-refractivity contribution in [2.75, 3.05) is 6.54 Å². The van der Waals surface area contributed by atoms with Crippen molar-refractivity contribution in [3.05, 3.63) is 75.1 Å². The third kappa shape index (κ3) is 4.16. The molecule has 140 valence electrons. The summed E-state index contributed by atoms with van der Waals surface area (Å²) in [5.41, 5.74) is 1.88. The lowest BCUT2D eigenvalue weighted by Gasteiger charge is -2.08. The van der Waals surface area contributed by atoms with E-state index < -0.39 is 34.7 Å². The Bertz CT molecular complexity index is 986. The number of hydrogen-bond donors (Lipinski definition) is 1. The van der Waals surface area contributed by atoms with Gasteiger partial charge in [0.25, 0.3) is 5.91 Å². The summed E-state index contributed by atoms with van der Waals surface area (Å²) < 4.78 is 52.9. The molecule has 0 bridgehead atoms. The Morgan fingerprint density at radius 1 is 1.07 bits per heavy atom. The highest BCUT2D eigenvalue weighted by Gasteiger charge is 2.22. The molecular formula is C19H14F4N2OS. The molecule has 1 heterocycles. The van der Waals surface area contributed by atoms with Crippen LogP contribution in [0.5, 0.6) is 0 Å². The monoisotopic (exact) mass is 394 g/mol. The standard InChI is InChI=1S/C19H14F4N2OS/c1-10-25-15(9-27-10)12-4-2-11(3-5-12)6-7-24-19(26)13-8-14(20)17(22)18(23)16(13)21/h2-5,8-9H,6-7H2,1H3,(H,24,26). The molecule has 1 N–H and O–H groups in total. The maximum atomic E-state index is 13.6. The van der Waals surface area contributed by atoms with Crippen molar-refractivity contribution < 1.29 is 22.4 Å². The Kier molecular flexibility index (Phi) is 5.55. The summed E-state index contributed by atoms with van der Waals surface area (Å²) in [6, 6.07) is 7.88. The van der Waals surface area contributed by atoms with Gasteiger partial charge in [0.15, 0.2) is 23.3 Å². The summed E-state index contributed by atoms with van der Waals surface area (Å²) in [7, 11) is 0. The van der Waals surface area contributed by atoms with Gasteiger partial charge in [-0.3, -0.25) is 4.79 Å². The van der Waals surface area contributed by atoms with Crippen molar-refractivity contribution in [3.8, 4) is 11.3 Å². The first-order valence-electron chi connectivity index (χ1n) is 7.99. The molecule has 0 fully saturated rings. The van der Waals surface area contributed by atoms with Crippen molar-refractivity contribution >= 4 is 17.2 Å². The molecular weight excluding hydrogens is 380 g/mol. The average molecular weight is 394 g/mol. The van der Waals surface area contributed by atoms with Crippen LogP contribution in [0.25, 0.3) is 11.3 Å². The molecule has 0 aliphatic carbocycles. The molecule has 1 aromatic heterocycles. The molecule has 0 unspecified atom stereocenters. The van der Waals surface area contributed by atoms with Crippen LogP contribution in [0.15, 0.2) is 35.7 Å². The number of aryl methyl sites for hydroxylation is 1. The first-order chi connectivity index (χ1) is 12.9. The van der Waals surface area contributed by atoms with Gasteiger partial charge >= 0.3 is 0 Å². The number of amides is 1. The molecule has 0 aliphatic heterocycles. The highest BCUT2D eigenvalue weighted by atomic mass is 32.1. The van der Waals surface area contributed by atoms with Crippen molar-refractivity contribution in [2.24, 2.45) is 0 Å². The lowest BCUT2D eigenvalue weighted by molar-refractivity contribution is 0.0948. The smallest absolute Gasteiger partial charge is 0.254 e. The highest BCUT2D eigenvalue weighted by Crippen LogP contribution is 2.22. The van der Waals surface area contributed by atoms with Crippen LogP contribution in [0.2, 0.25) is 0 Å².